The second-order valence-electron chi connectivity index (χ2n) is 1.74. The minimum absolute atomic E-state index is 0.299. The molecule has 0 saturated carbocycles. The van der Waals surface area contributed by atoms with E-state index in [1.54, 1.807) is 0 Å². The molecule has 0 amide bonds. The van der Waals surface area contributed by atoms with E-state index in [9.17, 15) is 4.39 Å². The Morgan fingerprint density at radius 3 is 2.45 bits per heavy atom. The Labute approximate surface area is 66.8 Å². The highest BCUT2D eigenvalue weighted by atomic mass is 35.5. The fourth-order valence-corrected chi connectivity index (χ4v) is 0.787. The number of hydrogen-bond acceptors (Lipinski definition) is 4. The zero-order chi connectivity index (χ0) is 8.43. The second kappa shape index (κ2) is 3.12. The van der Waals surface area contributed by atoms with Crippen LogP contribution in [0.15, 0.2) is 6.33 Å². The number of halogens is 2. The Morgan fingerprint density at radius 2 is 2.09 bits per heavy atom. The molecular formula is C4H3BClFN2O2. The van der Waals surface area contributed by atoms with Crippen molar-refractivity contribution >= 4 is 24.2 Å². The van der Waals surface area contributed by atoms with Crippen LogP contribution in [0.5, 0.6) is 0 Å². The highest BCUT2D eigenvalue weighted by Gasteiger charge is 2.21. The number of aromatic nitrogens is 2. The van der Waals surface area contributed by atoms with Gasteiger partial charge in [-0.3, -0.25) is 0 Å². The topological polar surface area (TPSA) is 66.2 Å². The Balaban J connectivity index is 3.21. The summed E-state index contributed by atoms with van der Waals surface area (Å²) < 4.78 is 12.5. The number of nitrogens with zero attached hydrogens (tertiary/aromatic N) is 2. The van der Waals surface area contributed by atoms with E-state index in [0.29, 0.717) is 0 Å². The van der Waals surface area contributed by atoms with Crippen LogP contribution < -0.4 is 5.46 Å². The van der Waals surface area contributed by atoms with Crippen molar-refractivity contribution in [2.45, 2.75) is 0 Å². The first-order valence-corrected chi connectivity index (χ1v) is 3.02. The van der Waals surface area contributed by atoms with E-state index in [-0.39, 0.29) is 5.15 Å². The summed E-state index contributed by atoms with van der Waals surface area (Å²) >= 11 is 5.31. The average Bonchev–Trinajstić information content (AvgIpc) is 1.85. The summed E-state index contributed by atoms with van der Waals surface area (Å²) in [7, 11) is -1.98. The fourth-order valence-electron chi connectivity index (χ4n) is 0.568. The number of hydrogen-bond donors (Lipinski definition) is 2. The lowest BCUT2D eigenvalue weighted by Crippen LogP contribution is -2.35. The molecule has 58 valence electrons. The molecule has 0 unspecified atom stereocenters. The summed E-state index contributed by atoms with van der Waals surface area (Å²) in [6.07, 6.45) is 0.892. The molecule has 0 aliphatic carbocycles. The molecule has 0 aliphatic rings. The molecule has 2 N–H and O–H groups in total. The molecule has 0 bridgehead atoms. The predicted octanol–water partition coefficient (Wildman–Crippen LogP) is -1.05. The van der Waals surface area contributed by atoms with Crippen LogP contribution in [0, 0.1) is 5.95 Å². The van der Waals surface area contributed by atoms with E-state index in [1.807, 2.05) is 0 Å². The Kier molecular flexibility index (Phi) is 2.38. The zero-order valence-electron chi connectivity index (χ0n) is 5.20. The van der Waals surface area contributed by atoms with Gasteiger partial charge in [0.2, 0.25) is 5.95 Å². The van der Waals surface area contributed by atoms with Crippen molar-refractivity contribution in [2.24, 2.45) is 0 Å². The van der Waals surface area contributed by atoms with Crippen LogP contribution in [0.3, 0.4) is 0 Å². The first-order valence-electron chi connectivity index (χ1n) is 2.65. The third-order valence-corrected chi connectivity index (χ3v) is 1.35. The van der Waals surface area contributed by atoms with Crippen LogP contribution in [0.2, 0.25) is 5.15 Å². The van der Waals surface area contributed by atoms with Crippen molar-refractivity contribution in [3.05, 3.63) is 17.4 Å². The highest BCUT2D eigenvalue weighted by Crippen LogP contribution is 2.00. The maximum atomic E-state index is 12.5. The summed E-state index contributed by atoms with van der Waals surface area (Å²) in [4.78, 5) is 6.43. The quantitative estimate of drug-likeness (QED) is 0.423. The minimum atomic E-state index is -1.98. The van der Waals surface area contributed by atoms with Crippen LogP contribution >= 0.6 is 11.6 Å². The number of rotatable bonds is 1. The van der Waals surface area contributed by atoms with Gasteiger partial charge in [0, 0.05) is 0 Å². The lowest BCUT2D eigenvalue weighted by molar-refractivity contribution is 0.421. The van der Waals surface area contributed by atoms with Crippen molar-refractivity contribution in [3.8, 4) is 0 Å². The molecule has 0 aliphatic heterocycles. The summed E-state index contributed by atoms with van der Waals surface area (Å²) in [6.45, 7) is 0. The Hall–Kier alpha value is -0.715. The van der Waals surface area contributed by atoms with E-state index >= 15 is 0 Å². The molecule has 0 fully saturated rings. The van der Waals surface area contributed by atoms with Crippen molar-refractivity contribution in [1.29, 1.82) is 0 Å². The van der Waals surface area contributed by atoms with Gasteiger partial charge in [-0.2, -0.15) is 4.39 Å². The molecule has 1 rings (SSSR count). The molecule has 1 heterocycles. The van der Waals surface area contributed by atoms with Gasteiger partial charge in [-0.15, -0.1) is 0 Å². The Morgan fingerprint density at radius 1 is 1.45 bits per heavy atom. The molecular weight excluding hydrogens is 173 g/mol. The highest BCUT2D eigenvalue weighted by molar-refractivity contribution is 6.62. The summed E-state index contributed by atoms with van der Waals surface area (Å²) in [5, 5.41) is 16.8. The molecule has 7 heteroatoms. The smallest absolute Gasteiger partial charge is 0.423 e. The third kappa shape index (κ3) is 1.65. The van der Waals surface area contributed by atoms with Gasteiger partial charge in [0.25, 0.3) is 0 Å². The van der Waals surface area contributed by atoms with Gasteiger partial charge in [0.05, 0.1) is 5.46 Å². The molecule has 1 aromatic heterocycles. The zero-order valence-corrected chi connectivity index (χ0v) is 5.96. The molecule has 0 aromatic carbocycles. The summed E-state index contributed by atoms with van der Waals surface area (Å²) in [5.74, 6) is -1.03. The maximum Gasteiger partial charge on any atom is 0.496 e. The van der Waals surface area contributed by atoms with Crippen LogP contribution in [0.4, 0.5) is 4.39 Å². The lowest BCUT2D eigenvalue weighted by Gasteiger charge is -2.00. The van der Waals surface area contributed by atoms with E-state index in [0.717, 1.165) is 6.33 Å². The molecule has 0 atom stereocenters. The molecule has 4 nitrogen and oxygen atoms in total. The first kappa shape index (κ1) is 8.38. The Bertz CT molecular complexity index is 252. The van der Waals surface area contributed by atoms with Gasteiger partial charge in [0.1, 0.15) is 11.5 Å². The van der Waals surface area contributed by atoms with E-state index in [1.165, 1.54) is 0 Å². The standard InChI is InChI=1S/C4H3BClFN2O2/c6-3-2(5(10)11)4(7)9-1-8-3/h1,10-11H. The van der Waals surface area contributed by atoms with Crippen LogP contribution in [-0.2, 0) is 0 Å². The third-order valence-electron chi connectivity index (χ3n) is 1.04. The summed E-state index contributed by atoms with van der Waals surface area (Å²) in [6, 6.07) is 0. The van der Waals surface area contributed by atoms with Crippen LogP contribution in [0.25, 0.3) is 0 Å². The van der Waals surface area contributed by atoms with Gasteiger partial charge in [-0.05, 0) is 0 Å². The average molecular weight is 176 g/mol. The molecule has 1 aromatic rings. The van der Waals surface area contributed by atoms with Gasteiger partial charge in [-0.1, -0.05) is 11.6 Å². The van der Waals surface area contributed by atoms with Crippen molar-refractivity contribution < 1.29 is 14.4 Å². The molecule has 0 saturated heterocycles. The molecule has 0 spiro atoms. The van der Waals surface area contributed by atoms with Gasteiger partial charge in [-0.25, -0.2) is 9.97 Å². The maximum absolute atomic E-state index is 12.5. The largest absolute Gasteiger partial charge is 0.496 e. The monoisotopic (exact) mass is 176 g/mol. The van der Waals surface area contributed by atoms with E-state index in [2.05, 4.69) is 9.97 Å². The van der Waals surface area contributed by atoms with Crippen molar-refractivity contribution in [2.75, 3.05) is 0 Å². The van der Waals surface area contributed by atoms with E-state index in [4.69, 9.17) is 21.6 Å². The van der Waals surface area contributed by atoms with Crippen LogP contribution in [-0.4, -0.2) is 27.1 Å². The minimum Gasteiger partial charge on any atom is -0.423 e. The van der Waals surface area contributed by atoms with Crippen molar-refractivity contribution in [1.82, 2.24) is 9.97 Å². The molecule has 0 radical (unpaired) electrons. The molecule has 11 heavy (non-hydrogen) atoms. The first-order chi connectivity index (χ1) is 5.13. The summed E-state index contributed by atoms with van der Waals surface area (Å²) in [5.41, 5.74) is -0.505. The van der Waals surface area contributed by atoms with Gasteiger partial charge in [0.15, 0.2) is 0 Å². The van der Waals surface area contributed by atoms with Crippen molar-refractivity contribution in [3.63, 3.8) is 0 Å². The predicted molar refractivity (Wildman–Crippen MR) is 36.8 cm³/mol. The normalized spacial score (nSPS) is 9.82. The second-order valence-corrected chi connectivity index (χ2v) is 2.10. The van der Waals surface area contributed by atoms with Gasteiger partial charge < -0.3 is 10.0 Å². The van der Waals surface area contributed by atoms with E-state index < -0.39 is 18.5 Å². The van der Waals surface area contributed by atoms with Gasteiger partial charge >= 0.3 is 7.12 Å². The SMILES string of the molecule is OB(O)c1c(F)ncnc1Cl. The van der Waals surface area contributed by atoms with Crippen LogP contribution in [0.1, 0.15) is 0 Å². The fraction of sp³-hybridized carbons (Fsp3) is 0. The lowest BCUT2D eigenvalue weighted by atomic mass is 9.82.